The molecule has 8 N–H and O–H groups in total. The summed E-state index contributed by atoms with van der Waals surface area (Å²) in [5.74, 6) is -4.34. The van der Waals surface area contributed by atoms with Gasteiger partial charge in [0, 0.05) is 82.5 Å². The van der Waals surface area contributed by atoms with Gasteiger partial charge in [0.2, 0.25) is 30.7 Å². The molecule has 16 rings (SSSR count). The van der Waals surface area contributed by atoms with E-state index in [2.05, 4.69) is 164 Å². The first kappa shape index (κ1) is 94.3. The van der Waals surface area contributed by atoms with Crippen LogP contribution in [0.4, 0.5) is 11.6 Å². The van der Waals surface area contributed by atoms with Crippen LogP contribution in [-0.4, -0.2) is 216 Å². The SMILES string of the molecule is CC(C)(C)OC(=O)Cc1ccn2nc(Br)nc2c1.COC(=O)c1ccn2nc(Br)nc2c1.COC(=O)c1ccn2nc(N)nc2c1.Cc1cnc(C)c(-c2cnn(C)c2C(=O)CO)n1.Cc1cnc(C)c(-c2cnn(C)c2C(=O)O)n1.Cl.Cn1ncc(-c2ncccc2C#N)c1C(=O)O.Nc1ccn2nc(Br)nc2c1.O=C(O)c1ccn2nc(Br)nc2c1. The number of methoxy groups -OCH3 is 2. The third kappa shape index (κ3) is 25.0. The molecule has 123 heavy (non-hydrogen) atoms. The predicted molar refractivity (Wildman–Crippen MR) is 455 cm³/mol. The minimum Gasteiger partial charge on any atom is -0.478 e. The lowest BCUT2D eigenvalue weighted by Gasteiger charge is -2.19. The van der Waals surface area contributed by atoms with Crippen molar-refractivity contribution in [2.45, 2.75) is 60.5 Å². The highest BCUT2D eigenvalue weighted by Crippen LogP contribution is 2.28. The summed E-state index contributed by atoms with van der Waals surface area (Å²) in [5.41, 5.74) is 22.9. The van der Waals surface area contributed by atoms with E-state index in [0.29, 0.717) is 109 Å². The summed E-state index contributed by atoms with van der Waals surface area (Å²) in [6.07, 6.45) is 17.9. The van der Waals surface area contributed by atoms with E-state index in [9.17, 15) is 33.6 Å². The van der Waals surface area contributed by atoms with Gasteiger partial charge in [0.15, 0.2) is 39.6 Å². The number of carbonyl (C=O) groups excluding carboxylic acids is 4. The second-order valence-corrected chi connectivity index (χ2v) is 28.8. The standard InChI is InChI=1S/C12H14BrN3O2.C12H14N4O2.C11H12N4O2.C11H8N4O2.C8H6BrN3O2.C8H8N4O2.C7H4BrN3O2.C6H5BrN4.ClH/c1-12(2,3)18-10(17)7-8-4-5-16-9(6-8)14-11(13)15-16;1-7-4-13-8(2)11(15-7)9-5-14-16(3)12(9)10(18)6-17;1-6-4-12-7(2)9(14-6)8-5-13-15(3)10(8)11(16)17;1-15-10(11(16)17)8(6-14-15)9-7(5-12)3-2-4-13-9;2*1-14-7(13)5-2-3-12-6(4-5)10-8(9)11-12;8-7-9-5-3-4(6(12)13)1-2-11(5)10-7;7-6-9-5-3-4(8)1-2-11(5)10-6;/h4-6H,7H2,1-3H3;4-5,17H,6H2,1-3H3;4-5H,1-3H3,(H,16,17);2-4,6H,1H3,(H,16,17);2-4H,1H3;2-4H,1H3,(H2,9,11);1-3H,(H,12,13);1-3H,8H2;1H. The lowest BCUT2D eigenvalue weighted by molar-refractivity contribution is -0.153. The van der Waals surface area contributed by atoms with Crippen molar-refractivity contribution in [3.63, 3.8) is 0 Å². The van der Waals surface area contributed by atoms with Gasteiger partial charge in [-0.05, 0) is 184 Å². The molecule has 636 valence electrons. The maximum atomic E-state index is 11.7. The number of fused-ring (bicyclic) bond motifs is 5. The van der Waals surface area contributed by atoms with Crippen LogP contribution in [0.1, 0.15) is 117 Å². The number of hydrogen-bond donors (Lipinski definition) is 6. The van der Waals surface area contributed by atoms with Crippen molar-refractivity contribution in [1.29, 1.82) is 5.26 Å². The van der Waals surface area contributed by atoms with Crippen LogP contribution in [0.2, 0.25) is 0 Å². The lowest BCUT2D eigenvalue weighted by Crippen LogP contribution is -2.24. The van der Waals surface area contributed by atoms with Gasteiger partial charge in [-0.3, -0.25) is 38.6 Å². The molecule has 0 aliphatic rings. The zero-order valence-electron chi connectivity index (χ0n) is 66.7. The van der Waals surface area contributed by atoms with Gasteiger partial charge in [0.25, 0.3) is 0 Å². The summed E-state index contributed by atoms with van der Waals surface area (Å²) >= 11 is 12.6. The van der Waals surface area contributed by atoms with Crippen LogP contribution in [-0.2, 0) is 46.6 Å². The number of pyridine rings is 6. The van der Waals surface area contributed by atoms with Crippen LogP contribution >= 0.6 is 76.1 Å². The number of rotatable bonds is 12. The summed E-state index contributed by atoms with van der Waals surface area (Å²) < 4.78 is 28.3. The molecular weight excluding hydrogens is 1890 g/mol. The molecular formula is C75H72Br4ClN29O14. The number of carbonyl (C=O) groups is 7. The largest absolute Gasteiger partial charge is 0.478 e. The van der Waals surface area contributed by atoms with Crippen LogP contribution in [0.25, 0.3) is 62.0 Å². The summed E-state index contributed by atoms with van der Waals surface area (Å²) in [6.45, 7) is 12.3. The number of carboxylic acids is 3. The van der Waals surface area contributed by atoms with E-state index in [1.807, 2.05) is 59.7 Å². The molecule has 0 fully saturated rings. The Labute approximate surface area is 734 Å². The van der Waals surface area contributed by atoms with E-state index in [-0.39, 0.29) is 59.4 Å². The van der Waals surface area contributed by atoms with E-state index in [1.165, 1.54) is 75.1 Å². The molecule has 0 radical (unpaired) electrons. The number of ether oxygens (including phenoxy) is 3. The Balaban J connectivity index is 0.000000175. The molecule has 0 unspecified atom stereocenters. The smallest absolute Gasteiger partial charge is 0.354 e. The summed E-state index contributed by atoms with van der Waals surface area (Å²) in [7, 11) is 7.44. The molecule has 0 aromatic carbocycles. The third-order valence-electron chi connectivity index (χ3n) is 16.0. The minimum absolute atomic E-state index is 0. The maximum Gasteiger partial charge on any atom is 0.354 e. The van der Waals surface area contributed by atoms with Gasteiger partial charge < -0.3 is 46.1 Å². The Morgan fingerprint density at radius 1 is 0.488 bits per heavy atom. The molecule has 16 aromatic rings. The molecule has 0 amide bonds. The van der Waals surface area contributed by atoms with Crippen LogP contribution in [0.15, 0.2) is 160 Å². The van der Waals surface area contributed by atoms with E-state index >= 15 is 0 Å². The molecule has 43 nitrogen and oxygen atoms in total. The van der Waals surface area contributed by atoms with Gasteiger partial charge in [-0.1, -0.05) is 0 Å². The topological polar surface area (TPSA) is 573 Å². The van der Waals surface area contributed by atoms with E-state index in [1.54, 1.807) is 133 Å². The first-order valence-corrected chi connectivity index (χ1v) is 38.2. The number of Topliss-reactive ketones (excluding diaryl/α,β-unsaturated/α-hetero) is 1. The Morgan fingerprint density at radius 3 is 1.31 bits per heavy atom. The molecule has 0 bridgehead atoms. The highest BCUT2D eigenvalue weighted by Gasteiger charge is 2.24. The summed E-state index contributed by atoms with van der Waals surface area (Å²) in [4.78, 5) is 120. The van der Waals surface area contributed by atoms with Crippen LogP contribution < -0.4 is 11.5 Å². The van der Waals surface area contributed by atoms with Crippen molar-refractivity contribution < 1.29 is 68.2 Å². The summed E-state index contributed by atoms with van der Waals surface area (Å²) in [5, 5.41) is 76.7. The number of carboxylic acid groups (broad SMARTS) is 3. The van der Waals surface area contributed by atoms with Crippen LogP contribution in [0.3, 0.4) is 0 Å². The molecule has 0 saturated heterocycles. The summed E-state index contributed by atoms with van der Waals surface area (Å²) in [6, 6.07) is 21.7. The number of esters is 3. The first-order valence-electron chi connectivity index (χ1n) is 35.1. The number of nitrogens with zero attached hydrogens (tertiary/aromatic N) is 27. The maximum absolute atomic E-state index is 11.7. The fourth-order valence-electron chi connectivity index (χ4n) is 10.7. The van der Waals surface area contributed by atoms with Crippen LogP contribution in [0.5, 0.6) is 0 Å². The van der Waals surface area contributed by atoms with E-state index in [4.69, 9.17) is 41.9 Å². The average Bonchev–Trinajstić information content (AvgIpc) is 1.70. The van der Waals surface area contributed by atoms with Crippen molar-refractivity contribution in [1.82, 2.24) is 127 Å². The lowest BCUT2D eigenvalue weighted by atomic mass is 10.1. The monoisotopic (exact) mass is 1950 g/mol. The Hall–Kier alpha value is -14.2. The quantitative estimate of drug-likeness (QED) is 0.0376. The highest BCUT2D eigenvalue weighted by atomic mass is 79.9. The number of aliphatic hydroxyl groups excluding tert-OH is 1. The number of ketones is 1. The molecule has 0 saturated carbocycles. The Morgan fingerprint density at radius 2 is 0.878 bits per heavy atom. The van der Waals surface area contributed by atoms with Gasteiger partial charge in [0.05, 0.1) is 118 Å². The first-order chi connectivity index (χ1) is 57.8. The number of aromatic nitrogens is 26. The number of halogens is 5. The molecule has 16 aromatic heterocycles. The van der Waals surface area contributed by atoms with E-state index in [0.717, 1.165) is 28.3 Å². The van der Waals surface area contributed by atoms with Crippen molar-refractivity contribution >= 4 is 158 Å². The molecule has 16 heterocycles. The minimum atomic E-state index is -1.10. The number of nitrogens with two attached hydrogens (primary N) is 2. The Bertz CT molecular complexity index is 6530. The second-order valence-electron chi connectivity index (χ2n) is 26.0. The number of anilines is 2. The van der Waals surface area contributed by atoms with Crippen molar-refractivity contribution in [3.8, 4) is 39.8 Å². The van der Waals surface area contributed by atoms with Gasteiger partial charge in [0.1, 0.15) is 24.0 Å². The molecule has 0 aliphatic heterocycles. The molecule has 0 atom stereocenters. The number of aryl methyl sites for hydroxylation is 7. The zero-order chi connectivity index (χ0) is 89.1. The van der Waals surface area contributed by atoms with E-state index < -0.39 is 36.1 Å². The molecule has 48 heteroatoms. The normalized spacial score (nSPS) is 10.5. The fourth-order valence-corrected chi connectivity index (χ4v) is 12.1. The zero-order valence-corrected chi connectivity index (χ0v) is 73.9. The number of nitrogen functional groups attached to an aromatic ring is 2. The Kier molecular flexibility index (Phi) is 32.3. The van der Waals surface area contributed by atoms with Crippen molar-refractivity contribution in [3.05, 3.63) is 228 Å². The van der Waals surface area contributed by atoms with Gasteiger partial charge in [-0.15, -0.1) is 37.9 Å². The third-order valence-corrected chi connectivity index (χ3v) is 17.4. The van der Waals surface area contributed by atoms with Gasteiger partial charge >= 0.3 is 35.8 Å². The number of aliphatic hydroxyl groups is 1. The molecule has 0 aliphatic carbocycles. The number of hydrogen-bond acceptors (Lipinski definition) is 32. The predicted octanol–water partition coefficient (Wildman–Crippen LogP) is 9.35. The van der Waals surface area contributed by atoms with Crippen molar-refractivity contribution in [2.75, 3.05) is 32.3 Å². The second kappa shape index (κ2) is 42.1. The van der Waals surface area contributed by atoms with Crippen molar-refractivity contribution in [2.24, 2.45) is 21.1 Å². The van der Waals surface area contributed by atoms with Crippen LogP contribution in [0, 0.1) is 39.0 Å². The average molecular weight is 1960 g/mol. The number of nitriles is 1. The molecule has 0 spiro atoms. The fraction of sp³-hybridized carbons (Fsp3) is 0.200. The highest BCUT2D eigenvalue weighted by molar-refractivity contribution is 9.11. The van der Waals surface area contributed by atoms with Gasteiger partial charge in [-0.25, -0.2) is 76.5 Å². The van der Waals surface area contributed by atoms with Gasteiger partial charge in [-0.2, -0.15) is 25.5 Å². The number of aromatic carboxylic acids is 3.